The molecule has 0 radical (unpaired) electrons. The third kappa shape index (κ3) is 3.85. The Kier molecular flexibility index (Phi) is 4.64. The van der Waals surface area contributed by atoms with Gasteiger partial charge in [0.2, 0.25) is 0 Å². The summed E-state index contributed by atoms with van der Waals surface area (Å²) in [6, 6.07) is 6.06. The predicted molar refractivity (Wildman–Crippen MR) is 89.1 cm³/mol. The molecule has 0 spiro atoms. The molecule has 2 rings (SSSR count). The van der Waals surface area contributed by atoms with E-state index in [1.165, 1.54) is 5.56 Å². The van der Waals surface area contributed by atoms with Crippen LogP contribution in [0.25, 0.3) is 10.9 Å². The van der Waals surface area contributed by atoms with Crippen molar-refractivity contribution in [1.82, 2.24) is 15.3 Å². The molecule has 0 unspecified atom stereocenters. The molecular formula is C14H19N6S+. The molecule has 0 aliphatic rings. The monoisotopic (exact) mass is 303 g/mol. The first-order chi connectivity index (χ1) is 9.99. The van der Waals surface area contributed by atoms with Gasteiger partial charge in [0.05, 0.1) is 11.2 Å². The van der Waals surface area contributed by atoms with Gasteiger partial charge >= 0.3 is 5.96 Å². The fraction of sp³-hybridized carbons (Fsp3) is 0.286. The van der Waals surface area contributed by atoms with Crippen LogP contribution < -0.4 is 21.4 Å². The Labute approximate surface area is 128 Å². The summed E-state index contributed by atoms with van der Waals surface area (Å²) in [6.07, 6.45) is 0. The van der Waals surface area contributed by atoms with Gasteiger partial charge in [-0.15, -0.1) is 0 Å². The molecule has 0 bridgehead atoms. The number of rotatable bonds is 2. The average Bonchev–Trinajstić information content (AvgIpc) is 2.39. The maximum Gasteiger partial charge on any atom is 0.312 e. The standard InChI is InChI=1S/C14H18N6S/c1-4-16-14(21)20-12(15)19-13-17-9(3)10-7-8(2)5-6-11(10)18-13/h5-7H,4H2,1-3H3,(H4,15,16,17,18,19,20,21)/p+1. The maximum absolute atomic E-state index is 5.84. The average molecular weight is 303 g/mol. The highest BCUT2D eigenvalue weighted by Gasteiger charge is 2.08. The van der Waals surface area contributed by atoms with E-state index in [9.17, 15) is 0 Å². The highest BCUT2D eigenvalue weighted by atomic mass is 32.1. The quantitative estimate of drug-likeness (QED) is 0.353. The summed E-state index contributed by atoms with van der Waals surface area (Å²) in [5, 5.41) is 7.35. The largest absolute Gasteiger partial charge is 0.312 e. The van der Waals surface area contributed by atoms with Crippen molar-refractivity contribution in [3.63, 3.8) is 0 Å². The summed E-state index contributed by atoms with van der Waals surface area (Å²) in [7, 11) is 0. The van der Waals surface area contributed by atoms with E-state index in [-0.39, 0.29) is 5.96 Å². The van der Waals surface area contributed by atoms with Crippen LogP contribution in [0.15, 0.2) is 18.2 Å². The Morgan fingerprint density at radius 3 is 2.81 bits per heavy atom. The first-order valence-electron chi connectivity index (χ1n) is 6.69. The lowest BCUT2D eigenvalue weighted by atomic mass is 10.1. The van der Waals surface area contributed by atoms with Gasteiger partial charge in [0.25, 0.3) is 11.1 Å². The number of nitrogens with two attached hydrogens (primary N) is 1. The van der Waals surface area contributed by atoms with Gasteiger partial charge in [0, 0.05) is 11.9 Å². The van der Waals surface area contributed by atoms with E-state index in [1.54, 1.807) is 0 Å². The van der Waals surface area contributed by atoms with Gasteiger partial charge in [0.1, 0.15) is 0 Å². The second-order valence-corrected chi connectivity index (χ2v) is 5.08. The lowest BCUT2D eigenvalue weighted by molar-refractivity contribution is -0.317. The lowest BCUT2D eigenvalue weighted by Crippen LogP contribution is -2.83. The van der Waals surface area contributed by atoms with E-state index in [0.717, 1.165) is 23.1 Å². The van der Waals surface area contributed by atoms with Gasteiger partial charge in [-0.1, -0.05) is 11.6 Å². The van der Waals surface area contributed by atoms with Crippen molar-refractivity contribution in [2.45, 2.75) is 20.8 Å². The smallest absolute Gasteiger partial charge is 0.312 e. The molecule has 0 fully saturated rings. The molecule has 0 saturated heterocycles. The van der Waals surface area contributed by atoms with Gasteiger partial charge in [-0.2, -0.15) is 0 Å². The van der Waals surface area contributed by atoms with Crippen LogP contribution in [-0.2, 0) is 0 Å². The number of guanidine groups is 1. The van der Waals surface area contributed by atoms with Crippen LogP contribution in [0, 0.1) is 13.8 Å². The van der Waals surface area contributed by atoms with Crippen LogP contribution in [0.1, 0.15) is 18.2 Å². The number of hydrogen-bond donors (Lipinski definition) is 4. The summed E-state index contributed by atoms with van der Waals surface area (Å²) in [6.45, 7) is 6.67. The van der Waals surface area contributed by atoms with Crippen molar-refractivity contribution in [2.24, 2.45) is 5.73 Å². The van der Waals surface area contributed by atoms with Crippen LogP contribution in [0.2, 0.25) is 0 Å². The number of thiocarbonyl (C=S) groups is 1. The Morgan fingerprint density at radius 1 is 1.33 bits per heavy atom. The van der Waals surface area contributed by atoms with E-state index < -0.39 is 0 Å². The summed E-state index contributed by atoms with van der Waals surface area (Å²) in [4.78, 5) is 11.7. The Morgan fingerprint density at radius 2 is 2.10 bits per heavy atom. The molecule has 0 amide bonds. The summed E-state index contributed by atoms with van der Waals surface area (Å²) in [5.41, 5.74) is 8.79. The number of nitrogens with one attached hydrogen (secondary N) is 3. The van der Waals surface area contributed by atoms with Gasteiger partial charge in [-0.05, 0) is 45.1 Å². The van der Waals surface area contributed by atoms with E-state index in [2.05, 4.69) is 31.7 Å². The normalized spacial score (nSPS) is 11.5. The molecule has 0 saturated carbocycles. The van der Waals surface area contributed by atoms with E-state index in [0.29, 0.717) is 11.1 Å². The van der Waals surface area contributed by atoms with Crippen molar-refractivity contribution in [1.29, 1.82) is 0 Å². The molecular weight excluding hydrogens is 284 g/mol. The molecule has 0 aliphatic heterocycles. The van der Waals surface area contributed by atoms with E-state index >= 15 is 0 Å². The zero-order valence-corrected chi connectivity index (χ0v) is 13.1. The summed E-state index contributed by atoms with van der Waals surface area (Å²) < 4.78 is 0. The van der Waals surface area contributed by atoms with Crippen molar-refractivity contribution in [3.05, 3.63) is 29.5 Å². The molecule has 0 atom stereocenters. The fourth-order valence-electron chi connectivity index (χ4n) is 1.93. The number of aryl methyl sites for hydroxylation is 2. The van der Waals surface area contributed by atoms with Gasteiger partial charge in [-0.25, -0.2) is 20.3 Å². The molecule has 2 aromatic rings. The van der Waals surface area contributed by atoms with Gasteiger partial charge in [-0.3, -0.25) is 0 Å². The number of nitrogens with zero attached hydrogens (tertiary/aromatic N) is 2. The van der Waals surface area contributed by atoms with Crippen molar-refractivity contribution >= 4 is 40.1 Å². The number of benzene rings is 1. The fourth-order valence-corrected chi connectivity index (χ4v) is 2.18. The second-order valence-electron chi connectivity index (χ2n) is 4.68. The lowest BCUT2D eigenvalue weighted by Gasteiger charge is -2.05. The number of fused-ring (bicyclic) bond motifs is 1. The van der Waals surface area contributed by atoms with Crippen LogP contribution in [0.3, 0.4) is 0 Å². The van der Waals surface area contributed by atoms with Crippen molar-refractivity contribution in [3.8, 4) is 0 Å². The third-order valence-corrected chi connectivity index (χ3v) is 3.12. The van der Waals surface area contributed by atoms with Gasteiger partial charge < -0.3 is 11.1 Å². The first kappa shape index (κ1) is 15.1. The van der Waals surface area contributed by atoms with E-state index in [1.807, 2.05) is 32.9 Å². The Hall–Kier alpha value is -2.28. The molecule has 0 aliphatic carbocycles. The maximum atomic E-state index is 5.84. The van der Waals surface area contributed by atoms with Crippen molar-refractivity contribution < 1.29 is 4.99 Å². The number of anilines is 1. The topological polar surface area (TPSA) is 89.8 Å². The summed E-state index contributed by atoms with van der Waals surface area (Å²) >= 11 is 5.06. The highest BCUT2D eigenvalue weighted by molar-refractivity contribution is 7.79. The minimum absolute atomic E-state index is 0.284. The molecule has 7 heteroatoms. The molecule has 1 heterocycles. The number of aromatic nitrogens is 2. The zero-order chi connectivity index (χ0) is 15.4. The SMILES string of the molecule is CCNC(=S)[NH+]=C(N)Nc1nc(C)c2cc(C)ccc2n1. The Balaban J connectivity index is 2.27. The molecule has 5 N–H and O–H groups in total. The van der Waals surface area contributed by atoms with Gasteiger partial charge in [0.15, 0.2) is 0 Å². The van der Waals surface area contributed by atoms with E-state index in [4.69, 9.17) is 18.0 Å². The highest BCUT2D eigenvalue weighted by Crippen LogP contribution is 2.18. The van der Waals surface area contributed by atoms with Crippen molar-refractivity contribution in [2.75, 3.05) is 11.9 Å². The minimum atomic E-state index is 0.284. The molecule has 6 nitrogen and oxygen atoms in total. The van der Waals surface area contributed by atoms with Crippen LogP contribution in [-0.4, -0.2) is 27.6 Å². The second kappa shape index (κ2) is 6.45. The molecule has 1 aromatic carbocycles. The van der Waals surface area contributed by atoms with Crippen LogP contribution >= 0.6 is 12.2 Å². The van der Waals surface area contributed by atoms with Crippen LogP contribution in [0.4, 0.5) is 5.95 Å². The molecule has 110 valence electrons. The summed E-state index contributed by atoms with van der Waals surface area (Å²) in [5.74, 6) is 0.722. The predicted octanol–water partition coefficient (Wildman–Crippen LogP) is -0.0518. The third-order valence-electron chi connectivity index (χ3n) is 2.87. The minimum Gasteiger partial charge on any atom is -0.312 e. The zero-order valence-electron chi connectivity index (χ0n) is 12.3. The first-order valence-corrected chi connectivity index (χ1v) is 7.09. The van der Waals surface area contributed by atoms with Crippen LogP contribution in [0.5, 0.6) is 0 Å². The molecule has 1 aromatic heterocycles. The Bertz CT molecular complexity index is 710. The molecule has 21 heavy (non-hydrogen) atoms. The number of hydrogen-bond acceptors (Lipinski definition) is 3.